The molecule has 1 aromatic rings. The third-order valence-electron chi connectivity index (χ3n) is 3.96. The van der Waals surface area contributed by atoms with Crippen LogP contribution in [0.3, 0.4) is 0 Å². The highest BCUT2D eigenvalue weighted by Gasteiger charge is 2.32. The van der Waals surface area contributed by atoms with E-state index in [0.29, 0.717) is 12.1 Å². The van der Waals surface area contributed by atoms with Gasteiger partial charge in [-0.05, 0) is 37.8 Å². The lowest BCUT2D eigenvalue weighted by Gasteiger charge is -2.40. The standard InChI is InChI=1S/C14H16Cl2FNO/c15-11-4-5-12(14(17)13(11)16)19-10-6-8-2-1-3-9(7-10)18-8/h4-5,8-10,18H,1-3,6-7H2/t8-,9+,10?. The van der Waals surface area contributed by atoms with Crippen molar-refractivity contribution in [1.29, 1.82) is 0 Å². The maximum absolute atomic E-state index is 14.0. The van der Waals surface area contributed by atoms with Crippen molar-refractivity contribution in [3.05, 3.63) is 28.0 Å². The molecule has 0 aliphatic carbocycles. The van der Waals surface area contributed by atoms with Crippen LogP contribution in [0.4, 0.5) is 4.39 Å². The van der Waals surface area contributed by atoms with E-state index in [1.165, 1.54) is 19.3 Å². The first-order valence-corrected chi connectivity index (χ1v) is 7.45. The van der Waals surface area contributed by atoms with Gasteiger partial charge in [-0.3, -0.25) is 0 Å². The fraction of sp³-hybridized carbons (Fsp3) is 0.571. The van der Waals surface area contributed by atoms with Gasteiger partial charge in [-0.2, -0.15) is 0 Å². The highest BCUT2D eigenvalue weighted by molar-refractivity contribution is 6.42. The van der Waals surface area contributed by atoms with Crippen molar-refractivity contribution in [3.63, 3.8) is 0 Å². The normalized spacial score (nSPS) is 30.2. The van der Waals surface area contributed by atoms with Crippen molar-refractivity contribution in [1.82, 2.24) is 5.32 Å². The maximum Gasteiger partial charge on any atom is 0.185 e. The fourth-order valence-corrected chi connectivity index (χ4v) is 3.39. The summed E-state index contributed by atoms with van der Waals surface area (Å²) < 4.78 is 19.8. The van der Waals surface area contributed by atoms with Gasteiger partial charge < -0.3 is 10.1 Å². The molecule has 1 aromatic carbocycles. The third-order valence-corrected chi connectivity index (χ3v) is 4.75. The van der Waals surface area contributed by atoms with Crippen LogP contribution in [0, 0.1) is 5.82 Å². The van der Waals surface area contributed by atoms with Crippen molar-refractivity contribution < 1.29 is 9.13 Å². The van der Waals surface area contributed by atoms with E-state index in [-0.39, 0.29) is 21.9 Å². The summed E-state index contributed by atoms with van der Waals surface area (Å²) in [5.41, 5.74) is 0. The van der Waals surface area contributed by atoms with Crippen LogP contribution >= 0.6 is 23.2 Å². The highest BCUT2D eigenvalue weighted by atomic mass is 35.5. The van der Waals surface area contributed by atoms with Crippen molar-refractivity contribution in [2.24, 2.45) is 0 Å². The van der Waals surface area contributed by atoms with Crippen LogP contribution in [0.1, 0.15) is 32.1 Å². The second-order valence-corrected chi connectivity index (χ2v) is 6.16. The average Bonchev–Trinajstić information content (AvgIpc) is 2.39. The predicted molar refractivity (Wildman–Crippen MR) is 74.6 cm³/mol. The molecule has 19 heavy (non-hydrogen) atoms. The molecule has 2 nitrogen and oxygen atoms in total. The molecular formula is C14H16Cl2FNO. The molecule has 3 rings (SSSR count). The van der Waals surface area contributed by atoms with Crippen molar-refractivity contribution in [2.45, 2.75) is 50.3 Å². The monoisotopic (exact) mass is 303 g/mol. The smallest absolute Gasteiger partial charge is 0.185 e. The molecule has 2 aliphatic heterocycles. The van der Waals surface area contributed by atoms with Crippen LogP contribution in [0.15, 0.2) is 12.1 Å². The highest BCUT2D eigenvalue weighted by Crippen LogP contribution is 2.34. The molecule has 0 aromatic heterocycles. The largest absolute Gasteiger partial charge is 0.487 e. The summed E-state index contributed by atoms with van der Waals surface area (Å²) in [5.74, 6) is -0.350. The molecule has 2 heterocycles. The van der Waals surface area contributed by atoms with E-state index in [2.05, 4.69) is 5.32 Å². The Kier molecular flexibility index (Phi) is 3.88. The Morgan fingerprint density at radius 3 is 2.53 bits per heavy atom. The SMILES string of the molecule is Fc1c(OC2C[C@H]3CCC[C@@H](C2)N3)ccc(Cl)c1Cl. The first kappa shape index (κ1) is 13.5. The van der Waals surface area contributed by atoms with Gasteiger partial charge in [-0.1, -0.05) is 29.6 Å². The molecule has 1 unspecified atom stereocenters. The summed E-state index contributed by atoms with van der Waals surface area (Å²) >= 11 is 11.6. The summed E-state index contributed by atoms with van der Waals surface area (Å²) in [4.78, 5) is 0. The topological polar surface area (TPSA) is 21.3 Å². The summed E-state index contributed by atoms with van der Waals surface area (Å²) in [6, 6.07) is 4.14. The molecule has 2 aliphatic rings. The zero-order valence-electron chi connectivity index (χ0n) is 10.5. The Labute approximate surface area is 122 Å². The number of ether oxygens (including phenoxy) is 1. The molecule has 104 valence electrons. The molecule has 0 spiro atoms. The van der Waals surface area contributed by atoms with Gasteiger partial charge >= 0.3 is 0 Å². The van der Waals surface area contributed by atoms with Crippen LogP contribution in [-0.4, -0.2) is 18.2 Å². The molecule has 0 radical (unpaired) electrons. The van der Waals surface area contributed by atoms with Crippen molar-refractivity contribution >= 4 is 23.2 Å². The van der Waals surface area contributed by atoms with Gasteiger partial charge in [0, 0.05) is 12.1 Å². The zero-order valence-corrected chi connectivity index (χ0v) is 12.0. The number of hydrogen-bond acceptors (Lipinski definition) is 2. The van der Waals surface area contributed by atoms with Gasteiger partial charge in [-0.15, -0.1) is 0 Å². The zero-order chi connectivity index (χ0) is 13.4. The first-order valence-electron chi connectivity index (χ1n) is 6.69. The lowest BCUT2D eigenvalue weighted by molar-refractivity contribution is 0.0893. The molecule has 2 bridgehead atoms. The van der Waals surface area contributed by atoms with Crippen LogP contribution in [0.5, 0.6) is 5.75 Å². The van der Waals surface area contributed by atoms with Gasteiger partial charge in [0.25, 0.3) is 0 Å². The van der Waals surface area contributed by atoms with Crippen LogP contribution in [0.25, 0.3) is 0 Å². The van der Waals surface area contributed by atoms with E-state index in [9.17, 15) is 4.39 Å². The van der Waals surface area contributed by atoms with Gasteiger partial charge in [0.2, 0.25) is 0 Å². The Morgan fingerprint density at radius 1 is 1.16 bits per heavy atom. The summed E-state index contributed by atoms with van der Waals surface area (Å²) in [6.07, 6.45) is 5.55. The Morgan fingerprint density at radius 2 is 1.84 bits per heavy atom. The Hall–Kier alpha value is -0.510. The van der Waals surface area contributed by atoms with E-state index in [0.717, 1.165) is 12.8 Å². The van der Waals surface area contributed by atoms with Crippen LogP contribution < -0.4 is 10.1 Å². The fourth-order valence-electron chi connectivity index (χ4n) is 3.09. The minimum atomic E-state index is -0.558. The van der Waals surface area contributed by atoms with Crippen molar-refractivity contribution in [3.8, 4) is 5.75 Å². The van der Waals surface area contributed by atoms with E-state index in [4.69, 9.17) is 27.9 Å². The summed E-state index contributed by atoms with van der Waals surface area (Å²) in [5, 5.41) is 3.74. The second kappa shape index (κ2) is 5.47. The minimum absolute atomic E-state index is 0.0586. The first-order chi connectivity index (χ1) is 9.13. The predicted octanol–water partition coefficient (Wildman–Crippen LogP) is 4.18. The van der Waals surface area contributed by atoms with Crippen LogP contribution in [-0.2, 0) is 0 Å². The molecule has 0 amide bonds. The van der Waals surface area contributed by atoms with E-state index >= 15 is 0 Å². The second-order valence-electron chi connectivity index (χ2n) is 5.38. The quantitative estimate of drug-likeness (QED) is 0.827. The Bertz CT molecular complexity index is 471. The van der Waals surface area contributed by atoms with Crippen LogP contribution in [0.2, 0.25) is 10.0 Å². The van der Waals surface area contributed by atoms with E-state index in [1.54, 1.807) is 12.1 Å². The number of piperidine rings is 2. The maximum atomic E-state index is 14.0. The van der Waals surface area contributed by atoms with Gasteiger partial charge in [0.15, 0.2) is 11.6 Å². The van der Waals surface area contributed by atoms with E-state index < -0.39 is 5.82 Å². The number of fused-ring (bicyclic) bond motifs is 2. The number of hydrogen-bond donors (Lipinski definition) is 1. The molecule has 2 saturated heterocycles. The third kappa shape index (κ3) is 2.83. The van der Waals surface area contributed by atoms with Crippen molar-refractivity contribution in [2.75, 3.05) is 0 Å². The molecule has 5 heteroatoms. The van der Waals surface area contributed by atoms with Gasteiger partial charge in [0.05, 0.1) is 10.0 Å². The van der Waals surface area contributed by atoms with Gasteiger partial charge in [-0.25, -0.2) is 4.39 Å². The number of halogens is 3. The number of rotatable bonds is 2. The average molecular weight is 304 g/mol. The van der Waals surface area contributed by atoms with Gasteiger partial charge in [0.1, 0.15) is 6.10 Å². The summed E-state index contributed by atoms with van der Waals surface area (Å²) in [7, 11) is 0. The molecule has 2 fully saturated rings. The Balaban J connectivity index is 1.73. The van der Waals surface area contributed by atoms with E-state index in [1.807, 2.05) is 0 Å². The lowest BCUT2D eigenvalue weighted by Crippen LogP contribution is -2.51. The lowest BCUT2D eigenvalue weighted by atomic mass is 9.85. The number of benzene rings is 1. The number of nitrogens with one attached hydrogen (secondary N) is 1. The molecule has 1 N–H and O–H groups in total. The molecular weight excluding hydrogens is 288 g/mol. The molecule has 3 atom stereocenters. The minimum Gasteiger partial charge on any atom is -0.487 e. The molecule has 0 saturated carbocycles. The summed E-state index contributed by atoms with van der Waals surface area (Å²) in [6.45, 7) is 0.